The van der Waals surface area contributed by atoms with E-state index in [0.717, 1.165) is 24.7 Å². The zero-order valence-corrected chi connectivity index (χ0v) is 16.4. The van der Waals surface area contributed by atoms with Gasteiger partial charge in [-0.3, -0.25) is 9.59 Å². The van der Waals surface area contributed by atoms with Gasteiger partial charge in [0.15, 0.2) is 0 Å². The zero-order chi connectivity index (χ0) is 20.0. The number of piperazine rings is 1. The van der Waals surface area contributed by atoms with Crippen LogP contribution in [0.5, 0.6) is 0 Å². The summed E-state index contributed by atoms with van der Waals surface area (Å²) in [5.74, 6) is 0.315. The molecular weight excluding hydrogens is 377 g/mol. The highest BCUT2D eigenvalue weighted by atomic mass is 32.2. The molecular formula is C19H25F3N2O2S. The second-order valence-corrected chi connectivity index (χ2v) is 7.98. The summed E-state index contributed by atoms with van der Waals surface area (Å²) >= 11 is 1.61. The highest BCUT2D eigenvalue weighted by Crippen LogP contribution is 2.32. The van der Waals surface area contributed by atoms with Gasteiger partial charge in [-0.25, -0.2) is 0 Å². The van der Waals surface area contributed by atoms with Gasteiger partial charge in [0.05, 0.1) is 16.4 Å². The number of hydrogen-bond acceptors (Lipinski definition) is 3. The molecule has 2 amide bonds. The van der Waals surface area contributed by atoms with E-state index in [1.54, 1.807) is 16.7 Å². The van der Waals surface area contributed by atoms with Crippen molar-refractivity contribution in [2.24, 2.45) is 0 Å². The van der Waals surface area contributed by atoms with Gasteiger partial charge < -0.3 is 9.80 Å². The summed E-state index contributed by atoms with van der Waals surface area (Å²) < 4.78 is 39.4. The van der Waals surface area contributed by atoms with Crippen LogP contribution in [-0.2, 0) is 11.0 Å². The Morgan fingerprint density at radius 1 is 1.11 bits per heavy atom. The molecule has 0 aromatic heterocycles. The first kappa shape index (κ1) is 21.6. The molecule has 1 heterocycles. The molecule has 4 nitrogen and oxygen atoms in total. The Labute approximate surface area is 162 Å². The molecule has 1 aliphatic rings. The SMILES string of the molecule is CCCCSC(C)C(=O)N1CCN(C(=O)c2ccccc2C(F)(F)F)CC1. The van der Waals surface area contributed by atoms with Crippen LogP contribution in [0.15, 0.2) is 24.3 Å². The molecule has 2 rings (SSSR count). The molecule has 0 N–H and O–H groups in total. The maximum absolute atomic E-state index is 13.1. The first-order valence-electron chi connectivity index (χ1n) is 9.11. The number of halogens is 3. The van der Waals surface area contributed by atoms with E-state index >= 15 is 0 Å². The molecule has 1 fully saturated rings. The number of nitrogens with zero attached hydrogens (tertiary/aromatic N) is 2. The Morgan fingerprint density at radius 2 is 1.70 bits per heavy atom. The van der Waals surface area contributed by atoms with E-state index in [1.165, 1.54) is 23.1 Å². The minimum atomic E-state index is -4.57. The quantitative estimate of drug-likeness (QED) is 0.678. The number of carbonyl (C=O) groups is 2. The minimum Gasteiger partial charge on any atom is -0.338 e. The third-order valence-corrected chi connectivity index (χ3v) is 5.78. The van der Waals surface area contributed by atoms with Gasteiger partial charge in [0.1, 0.15) is 0 Å². The number of hydrogen-bond donors (Lipinski definition) is 0. The van der Waals surface area contributed by atoms with E-state index in [2.05, 4.69) is 6.92 Å². The molecule has 0 aliphatic carbocycles. The summed E-state index contributed by atoms with van der Waals surface area (Å²) in [5, 5.41) is -0.148. The molecule has 1 saturated heterocycles. The molecule has 0 saturated carbocycles. The predicted octanol–water partition coefficient (Wildman–Crippen LogP) is 3.91. The highest BCUT2D eigenvalue weighted by Gasteiger charge is 2.36. The number of carbonyl (C=O) groups excluding carboxylic acids is 2. The molecule has 0 bridgehead atoms. The van der Waals surface area contributed by atoms with Crippen molar-refractivity contribution < 1.29 is 22.8 Å². The third-order valence-electron chi connectivity index (χ3n) is 4.55. The standard InChI is InChI=1S/C19H25F3N2O2S/c1-3-4-13-27-14(2)17(25)23-9-11-24(12-10-23)18(26)15-7-5-6-8-16(15)19(20,21)22/h5-8,14H,3-4,9-13H2,1-2H3. The molecule has 1 aromatic carbocycles. The number of benzene rings is 1. The average molecular weight is 402 g/mol. The normalized spacial score (nSPS) is 16.3. The van der Waals surface area contributed by atoms with E-state index in [9.17, 15) is 22.8 Å². The highest BCUT2D eigenvalue weighted by molar-refractivity contribution is 8.00. The second-order valence-electron chi connectivity index (χ2n) is 6.53. The van der Waals surface area contributed by atoms with Crippen molar-refractivity contribution in [1.29, 1.82) is 0 Å². The summed E-state index contributed by atoms with van der Waals surface area (Å²) in [7, 11) is 0. The maximum Gasteiger partial charge on any atom is 0.417 e. The van der Waals surface area contributed by atoms with E-state index in [1.807, 2.05) is 6.92 Å². The van der Waals surface area contributed by atoms with Crippen LogP contribution in [-0.4, -0.2) is 58.8 Å². The predicted molar refractivity (Wildman–Crippen MR) is 101 cm³/mol. The molecule has 0 radical (unpaired) electrons. The lowest BCUT2D eigenvalue weighted by molar-refractivity contribution is -0.138. The molecule has 0 spiro atoms. The third kappa shape index (κ3) is 5.64. The molecule has 150 valence electrons. The largest absolute Gasteiger partial charge is 0.417 e. The van der Waals surface area contributed by atoms with Crippen molar-refractivity contribution in [2.75, 3.05) is 31.9 Å². The van der Waals surface area contributed by atoms with Crippen molar-refractivity contribution in [3.63, 3.8) is 0 Å². The average Bonchev–Trinajstić information content (AvgIpc) is 2.66. The van der Waals surface area contributed by atoms with Gasteiger partial charge in [-0.2, -0.15) is 13.2 Å². The minimum absolute atomic E-state index is 0.0268. The second kappa shape index (κ2) is 9.48. The Kier molecular flexibility index (Phi) is 7.59. The Bertz CT molecular complexity index is 659. The van der Waals surface area contributed by atoms with Crippen molar-refractivity contribution in [2.45, 2.75) is 38.1 Å². The van der Waals surface area contributed by atoms with Crippen molar-refractivity contribution in [1.82, 2.24) is 9.80 Å². The maximum atomic E-state index is 13.1. The van der Waals surface area contributed by atoms with Crippen molar-refractivity contribution in [3.05, 3.63) is 35.4 Å². The van der Waals surface area contributed by atoms with Crippen LogP contribution in [0.2, 0.25) is 0 Å². The first-order valence-corrected chi connectivity index (χ1v) is 10.2. The molecule has 1 atom stereocenters. The lowest BCUT2D eigenvalue weighted by Crippen LogP contribution is -2.52. The first-order chi connectivity index (χ1) is 12.8. The zero-order valence-electron chi connectivity index (χ0n) is 15.6. The smallest absolute Gasteiger partial charge is 0.338 e. The van der Waals surface area contributed by atoms with Gasteiger partial charge in [0.2, 0.25) is 5.91 Å². The van der Waals surface area contributed by atoms with Crippen LogP contribution in [0.1, 0.15) is 42.6 Å². The van der Waals surface area contributed by atoms with Gasteiger partial charge in [0.25, 0.3) is 5.91 Å². The summed E-state index contributed by atoms with van der Waals surface area (Å²) in [6.45, 7) is 5.14. The van der Waals surface area contributed by atoms with Gasteiger partial charge in [-0.05, 0) is 31.2 Å². The lowest BCUT2D eigenvalue weighted by atomic mass is 10.1. The van der Waals surface area contributed by atoms with E-state index in [-0.39, 0.29) is 29.8 Å². The van der Waals surface area contributed by atoms with Crippen LogP contribution in [0, 0.1) is 0 Å². The van der Waals surface area contributed by atoms with E-state index < -0.39 is 17.6 Å². The fraction of sp³-hybridized carbons (Fsp3) is 0.579. The van der Waals surface area contributed by atoms with Gasteiger partial charge in [-0.15, -0.1) is 11.8 Å². The van der Waals surface area contributed by atoms with Crippen LogP contribution in [0.3, 0.4) is 0 Å². The Balaban J connectivity index is 1.96. The fourth-order valence-electron chi connectivity index (χ4n) is 2.95. The van der Waals surface area contributed by atoms with Crippen LogP contribution in [0.25, 0.3) is 0 Å². The van der Waals surface area contributed by atoms with Crippen LogP contribution in [0.4, 0.5) is 13.2 Å². The van der Waals surface area contributed by atoms with E-state index in [0.29, 0.717) is 13.1 Å². The number of amides is 2. The molecule has 8 heteroatoms. The fourth-order valence-corrected chi connectivity index (χ4v) is 4.05. The summed E-state index contributed by atoms with van der Waals surface area (Å²) in [6, 6.07) is 4.82. The number of thioether (sulfide) groups is 1. The summed E-state index contributed by atoms with van der Waals surface area (Å²) in [6.07, 6.45) is -2.44. The molecule has 27 heavy (non-hydrogen) atoms. The number of alkyl halides is 3. The van der Waals surface area contributed by atoms with Crippen molar-refractivity contribution >= 4 is 23.6 Å². The number of rotatable bonds is 6. The van der Waals surface area contributed by atoms with E-state index in [4.69, 9.17) is 0 Å². The topological polar surface area (TPSA) is 40.6 Å². The van der Waals surface area contributed by atoms with Crippen LogP contribution < -0.4 is 0 Å². The van der Waals surface area contributed by atoms with Crippen molar-refractivity contribution in [3.8, 4) is 0 Å². The molecule has 1 aromatic rings. The Morgan fingerprint density at radius 3 is 2.30 bits per heavy atom. The lowest BCUT2D eigenvalue weighted by Gasteiger charge is -2.36. The van der Waals surface area contributed by atoms with Gasteiger partial charge in [-0.1, -0.05) is 25.5 Å². The molecule has 1 unspecified atom stereocenters. The summed E-state index contributed by atoms with van der Waals surface area (Å²) in [4.78, 5) is 28.1. The van der Waals surface area contributed by atoms with Crippen LogP contribution >= 0.6 is 11.8 Å². The monoisotopic (exact) mass is 402 g/mol. The summed E-state index contributed by atoms with van der Waals surface area (Å²) in [5.41, 5.74) is -1.26. The van der Waals surface area contributed by atoms with Gasteiger partial charge in [0, 0.05) is 26.2 Å². The molecule has 1 aliphatic heterocycles. The number of unbranched alkanes of at least 4 members (excludes halogenated alkanes) is 1. The van der Waals surface area contributed by atoms with Gasteiger partial charge >= 0.3 is 6.18 Å². The Hall–Kier alpha value is -1.70.